The lowest BCUT2D eigenvalue weighted by Crippen LogP contribution is -2.38. The van der Waals surface area contributed by atoms with E-state index in [0.29, 0.717) is 38.2 Å². The standard InChI is InChI=1S/C23H26N4O2S/c1-3-26-10-11-27(23(29)20-14-24-25-16(20)2)15-19(22(26)28)13-17-6-8-18(9-7-17)21-5-4-12-30-21/h4-9,12,14,19H,3,10-11,13,15H2,1-2H3,(H,24,25). The fraction of sp³-hybridized carbons (Fsp3) is 0.348. The van der Waals surface area contributed by atoms with Crippen molar-refractivity contribution in [3.05, 3.63) is 64.8 Å². The van der Waals surface area contributed by atoms with Crippen LogP contribution in [0.4, 0.5) is 0 Å². The summed E-state index contributed by atoms with van der Waals surface area (Å²) in [7, 11) is 0. The van der Waals surface area contributed by atoms with Crippen LogP contribution in [0.2, 0.25) is 0 Å². The molecule has 0 radical (unpaired) electrons. The number of likely N-dealkylation sites (N-methyl/N-ethyl adjacent to an activating group) is 1. The van der Waals surface area contributed by atoms with Crippen LogP contribution in [0.5, 0.6) is 0 Å². The third-order valence-electron chi connectivity index (χ3n) is 5.71. The lowest BCUT2D eigenvalue weighted by Gasteiger charge is -2.23. The first-order chi connectivity index (χ1) is 14.6. The third kappa shape index (κ3) is 4.16. The summed E-state index contributed by atoms with van der Waals surface area (Å²) in [4.78, 5) is 31.1. The van der Waals surface area contributed by atoms with Gasteiger partial charge in [-0.3, -0.25) is 14.7 Å². The molecule has 2 aromatic heterocycles. The summed E-state index contributed by atoms with van der Waals surface area (Å²) in [5, 5.41) is 8.87. The van der Waals surface area contributed by atoms with Gasteiger partial charge in [0, 0.05) is 36.8 Å². The molecule has 4 rings (SSSR count). The highest BCUT2D eigenvalue weighted by Gasteiger charge is 2.32. The molecular formula is C23H26N4O2S. The van der Waals surface area contributed by atoms with Gasteiger partial charge in [-0.25, -0.2) is 0 Å². The SMILES string of the molecule is CCN1CCN(C(=O)c2cn[nH]c2C)CC(Cc2ccc(-c3cccs3)cc2)C1=O. The van der Waals surface area contributed by atoms with Gasteiger partial charge < -0.3 is 9.80 Å². The average molecular weight is 423 g/mol. The summed E-state index contributed by atoms with van der Waals surface area (Å²) in [5.74, 6) is -0.194. The molecule has 1 N–H and O–H groups in total. The van der Waals surface area contributed by atoms with Gasteiger partial charge in [-0.15, -0.1) is 11.3 Å². The zero-order valence-electron chi connectivity index (χ0n) is 17.3. The number of aromatic amines is 1. The number of amides is 2. The van der Waals surface area contributed by atoms with Crippen molar-refractivity contribution in [2.75, 3.05) is 26.2 Å². The first-order valence-corrected chi connectivity index (χ1v) is 11.2. The maximum atomic E-state index is 13.1. The molecule has 1 aliphatic rings. The summed E-state index contributed by atoms with van der Waals surface area (Å²) in [6, 6.07) is 12.6. The zero-order valence-corrected chi connectivity index (χ0v) is 18.1. The Labute approximate surface area is 180 Å². The first kappa shape index (κ1) is 20.3. The second kappa shape index (κ2) is 8.83. The van der Waals surface area contributed by atoms with E-state index in [9.17, 15) is 9.59 Å². The van der Waals surface area contributed by atoms with Crippen LogP contribution in [0, 0.1) is 12.8 Å². The minimum absolute atomic E-state index is 0.0648. The Bertz CT molecular complexity index is 1010. The Hall–Kier alpha value is -2.93. The quantitative estimate of drug-likeness (QED) is 0.683. The van der Waals surface area contributed by atoms with E-state index >= 15 is 0 Å². The van der Waals surface area contributed by atoms with Crippen LogP contribution in [-0.4, -0.2) is 58.0 Å². The van der Waals surface area contributed by atoms with Crippen molar-refractivity contribution >= 4 is 23.2 Å². The monoisotopic (exact) mass is 422 g/mol. The number of rotatable bonds is 5. The highest BCUT2D eigenvalue weighted by Crippen LogP contribution is 2.26. The van der Waals surface area contributed by atoms with Gasteiger partial charge in [0.25, 0.3) is 5.91 Å². The highest BCUT2D eigenvalue weighted by molar-refractivity contribution is 7.13. The lowest BCUT2D eigenvalue weighted by molar-refractivity contribution is -0.134. The minimum Gasteiger partial charge on any atom is -0.341 e. The zero-order chi connectivity index (χ0) is 21.1. The van der Waals surface area contributed by atoms with E-state index in [1.807, 2.05) is 24.8 Å². The molecule has 1 saturated heterocycles. The fourth-order valence-electron chi connectivity index (χ4n) is 3.96. The van der Waals surface area contributed by atoms with E-state index in [0.717, 1.165) is 11.3 Å². The van der Waals surface area contributed by atoms with Gasteiger partial charge in [-0.2, -0.15) is 5.10 Å². The molecule has 156 valence electrons. The molecule has 1 fully saturated rings. The summed E-state index contributed by atoms with van der Waals surface area (Å²) < 4.78 is 0. The summed E-state index contributed by atoms with van der Waals surface area (Å²) >= 11 is 1.71. The highest BCUT2D eigenvalue weighted by atomic mass is 32.1. The van der Waals surface area contributed by atoms with E-state index in [1.165, 1.54) is 10.4 Å². The maximum absolute atomic E-state index is 13.1. The predicted molar refractivity (Wildman–Crippen MR) is 118 cm³/mol. The summed E-state index contributed by atoms with van der Waals surface area (Å²) in [5.41, 5.74) is 3.62. The molecule has 0 saturated carbocycles. The Balaban J connectivity index is 1.54. The Morgan fingerprint density at radius 2 is 2.03 bits per heavy atom. The normalized spacial score (nSPS) is 17.3. The maximum Gasteiger partial charge on any atom is 0.257 e. The van der Waals surface area contributed by atoms with E-state index in [-0.39, 0.29) is 17.7 Å². The van der Waals surface area contributed by atoms with Gasteiger partial charge >= 0.3 is 0 Å². The van der Waals surface area contributed by atoms with E-state index in [1.54, 1.807) is 22.4 Å². The van der Waals surface area contributed by atoms with Crippen LogP contribution in [0.15, 0.2) is 48.0 Å². The van der Waals surface area contributed by atoms with E-state index in [4.69, 9.17) is 0 Å². The number of aryl methyl sites for hydroxylation is 1. The molecule has 7 heteroatoms. The molecule has 30 heavy (non-hydrogen) atoms. The van der Waals surface area contributed by atoms with Gasteiger partial charge in [-0.1, -0.05) is 30.3 Å². The number of nitrogens with one attached hydrogen (secondary N) is 1. The van der Waals surface area contributed by atoms with Gasteiger partial charge in [0.05, 0.1) is 17.7 Å². The van der Waals surface area contributed by atoms with Crippen LogP contribution in [0.25, 0.3) is 10.4 Å². The van der Waals surface area contributed by atoms with Gasteiger partial charge in [0.2, 0.25) is 5.91 Å². The Kier molecular flexibility index (Phi) is 5.99. The molecule has 1 aliphatic heterocycles. The molecule has 0 aliphatic carbocycles. The smallest absolute Gasteiger partial charge is 0.257 e. The Morgan fingerprint density at radius 3 is 2.67 bits per heavy atom. The number of hydrogen-bond acceptors (Lipinski definition) is 4. The van der Waals surface area contributed by atoms with Gasteiger partial charge in [0.1, 0.15) is 0 Å². The lowest BCUT2D eigenvalue weighted by atomic mass is 9.96. The van der Waals surface area contributed by atoms with Crippen molar-refractivity contribution in [3.63, 3.8) is 0 Å². The van der Waals surface area contributed by atoms with Crippen molar-refractivity contribution in [3.8, 4) is 10.4 Å². The van der Waals surface area contributed by atoms with Gasteiger partial charge in [0.15, 0.2) is 0 Å². The van der Waals surface area contributed by atoms with Crippen LogP contribution in [-0.2, 0) is 11.2 Å². The second-order valence-corrected chi connectivity index (χ2v) is 8.60. The molecule has 3 heterocycles. The number of carbonyl (C=O) groups excluding carboxylic acids is 2. The van der Waals surface area contributed by atoms with Crippen LogP contribution >= 0.6 is 11.3 Å². The minimum atomic E-state index is -0.254. The second-order valence-electron chi connectivity index (χ2n) is 7.65. The molecule has 1 atom stereocenters. The fourth-order valence-corrected chi connectivity index (χ4v) is 4.70. The molecular weight excluding hydrogens is 396 g/mol. The van der Waals surface area contributed by atoms with Gasteiger partial charge in [-0.05, 0) is 42.8 Å². The number of thiophene rings is 1. The van der Waals surface area contributed by atoms with E-state index in [2.05, 4.69) is 45.9 Å². The van der Waals surface area contributed by atoms with Crippen LogP contribution in [0.3, 0.4) is 0 Å². The predicted octanol–water partition coefficient (Wildman–Crippen LogP) is 3.61. The van der Waals surface area contributed by atoms with Crippen LogP contribution < -0.4 is 0 Å². The molecule has 2 amide bonds. The summed E-state index contributed by atoms with van der Waals surface area (Å²) in [6.45, 7) is 6.00. The largest absolute Gasteiger partial charge is 0.341 e. The first-order valence-electron chi connectivity index (χ1n) is 10.3. The number of nitrogens with zero attached hydrogens (tertiary/aromatic N) is 3. The van der Waals surface area contributed by atoms with Crippen molar-refractivity contribution in [2.45, 2.75) is 20.3 Å². The molecule has 1 unspecified atom stereocenters. The molecule has 0 spiro atoms. The van der Waals surface area contributed by atoms with Crippen molar-refractivity contribution in [1.82, 2.24) is 20.0 Å². The number of carbonyl (C=O) groups is 2. The molecule has 3 aromatic rings. The number of benzene rings is 1. The summed E-state index contributed by atoms with van der Waals surface area (Å²) in [6.07, 6.45) is 2.19. The van der Waals surface area contributed by atoms with Crippen molar-refractivity contribution in [1.29, 1.82) is 0 Å². The Morgan fingerprint density at radius 1 is 1.23 bits per heavy atom. The van der Waals surface area contributed by atoms with Crippen LogP contribution in [0.1, 0.15) is 28.5 Å². The molecule has 1 aromatic carbocycles. The number of aromatic nitrogens is 2. The average Bonchev–Trinajstić information content (AvgIpc) is 3.41. The topological polar surface area (TPSA) is 69.3 Å². The number of H-pyrrole nitrogens is 1. The van der Waals surface area contributed by atoms with Crippen molar-refractivity contribution < 1.29 is 9.59 Å². The van der Waals surface area contributed by atoms with E-state index < -0.39 is 0 Å². The number of hydrogen-bond donors (Lipinski definition) is 1. The van der Waals surface area contributed by atoms with Crippen molar-refractivity contribution in [2.24, 2.45) is 5.92 Å². The molecule has 6 nitrogen and oxygen atoms in total. The molecule has 0 bridgehead atoms. The third-order valence-corrected chi connectivity index (χ3v) is 6.63.